The highest BCUT2D eigenvalue weighted by Gasteiger charge is 2.07. The van der Waals surface area contributed by atoms with E-state index in [1.807, 2.05) is 6.92 Å². The van der Waals surface area contributed by atoms with E-state index >= 15 is 0 Å². The number of rotatable bonds is 4. The maximum atomic E-state index is 13.2. The van der Waals surface area contributed by atoms with E-state index in [-0.39, 0.29) is 30.0 Å². The predicted octanol–water partition coefficient (Wildman–Crippen LogP) is 3.13. The highest BCUT2D eigenvalue weighted by molar-refractivity contribution is 9.10. The monoisotopic (exact) mass is 297 g/mol. The van der Waals surface area contributed by atoms with Crippen LogP contribution in [0.3, 0.4) is 0 Å². The molecule has 0 aliphatic heterocycles. The zero-order valence-corrected chi connectivity index (χ0v) is 10.8. The van der Waals surface area contributed by atoms with Gasteiger partial charge in [0.25, 0.3) is 0 Å². The quantitative estimate of drug-likeness (QED) is 0.927. The highest BCUT2D eigenvalue weighted by atomic mass is 79.9. The van der Waals surface area contributed by atoms with Crippen LogP contribution in [-0.2, 0) is 0 Å². The normalized spacial score (nSPS) is 11.7. The minimum atomic E-state index is -0.357. The van der Waals surface area contributed by atoms with Crippen LogP contribution in [0.1, 0.15) is 13.3 Å². The first-order chi connectivity index (χ1) is 6.61. The summed E-state index contributed by atoms with van der Waals surface area (Å²) in [7, 11) is 0. The van der Waals surface area contributed by atoms with Gasteiger partial charge in [0.05, 0.1) is 11.1 Å². The second-order valence-corrected chi connectivity index (χ2v) is 4.02. The van der Waals surface area contributed by atoms with E-state index in [1.54, 1.807) is 12.1 Å². The first-order valence-electron chi connectivity index (χ1n) is 4.43. The molecule has 1 atom stereocenters. The van der Waals surface area contributed by atoms with Crippen molar-refractivity contribution in [3.63, 3.8) is 0 Å². The van der Waals surface area contributed by atoms with Crippen molar-refractivity contribution >= 4 is 28.3 Å². The van der Waals surface area contributed by atoms with Crippen LogP contribution in [0.2, 0.25) is 0 Å². The summed E-state index contributed by atoms with van der Waals surface area (Å²) in [6.45, 7) is 2.32. The van der Waals surface area contributed by atoms with Gasteiger partial charge in [-0.2, -0.15) is 0 Å². The van der Waals surface area contributed by atoms with Gasteiger partial charge in [0.1, 0.15) is 0 Å². The average Bonchev–Trinajstić information content (AvgIpc) is 2.09. The molecule has 0 aliphatic carbocycles. The molecule has 1 rings (SSSR count). The molecule has 5 heteroatoms. The molecule has 0 saturated heterocycles. The van der Waals surface area contributed by atoms with Gasteiger partial charge in [-0.3, -0.25) is 0 Å². The summed E-state index contributed by atoms with van der Waals surface area (Å²) in [6, 6.07) is 4.80. The molecule has 15 heavy (non-hydrogen) atoms. The smallest absolute Gasteiger partial charge is 0.169 e. The fourth-order valence-electron chi connectivity index (χ4n) is 0.967. The predicted molar refractivity (Wildman–Crippen MR) is 65.1 cm³/mol. The van der Waals surface area contributed by atoms with Gasteiger partial charge >= 0.3 is 0 Å². The number of hydrogen-bond donors (Lipinski definition) is 1. The van der Waals surface area contributed by atoms with Gasteiger partial charge in [-0.05, 0) is 41.4 Å². The van der Waals surface area contributed by atoms with Crippen LogP contribution in [0.5, 0.6) is 5.75 Å². The molecule has 0 bridgehead atoms. The molecule has 0 amide bonds. The fraction of sp³-hybridized carbons (Fsp3) is 0.400. The standard InChI is InChI=1S/C10H13BrFNO.ClH/c1-7(13)5-6-14-10-8(11)3-2-4-9(10)12;/h2-4,7H,5-6,13H2,1H3;1H/t7-;/m0./s1. The van der Waals surface area contributed by atoms with E-state index in [9.17, 15) is 4.39 Å². The molecule has 2 nitrogen and oxygen atoms in total. The van der Waals surface area contributed by atoms with Crippen molar-refractivity contribution in [3.8, 4) is 5.75 Å². The number of hydrogen-bond acceptors (Lipinski definition) is 2. The van der Waals surface area contributed by atoms with Crippen molar-refractivity contribution < 1.29 is 9.13 Å². The van der Waals surface area contributed by atoms with Crippen molar-refractivity contribution in [2.45, 2.75) is 19.4 Å². The highest BCUT2D eigenvalue weighted by Crippen LogP contribution is 2.27. The fourth-order valence-corrected chi connectivity index (χ4v) is 1.42. The molecule has 0 aliphatic rings. The summed E-state index contributed by atoms with van der Waals surface area (Å²) in [6.07, 6.45) is 0.709. The lowest BCUT2D eigenvalue weighted by Crippen LogP contribution is -2.18. The maximum absolute atomic E-state index is 13.2. The number of benzene rings is 1. The van der Waals surface area contributed by atoms with Crippen molar-refractivity contribution in [2.24, 2.45) is 5.73 Å². The summed E-state index contributed by atoms with van der Waals surface area (Å²) < 4.78 is 19.1. The first-order valence-corrected chi connectivity index (χ1v) is 5.23. The van der Waals surface area contributed by atoms with Gasteiger partial charge in [-0.15, -0.1) is 12.4 Å². The summed E-state index contributed by atoms with van der Waals surface area (Å²) in [4.78, 5) is 0. The lowest BCUT2D eigenvalue weighted by molar-refractivity contribution is 0.285. The number of halogens is 3. The van der Waals surface area contributed by atoms with Crippen LogP contribution in [-0.4, -0.2) is 12.6 Å². The van der Waals surface area contributed by atoms with Crippen LogP contribution in [0.4, 0.5) is 4.39 Å². The molecule has 0 unspecified atom stereocenters. The Kier molecular flexibility index (Phi) is 6.89. The molecule has 0 fully saturated rings. The minimum absolute atomic E-state index is 0. The molecule has 0 radical (unpaired) electrons. The van der Waals surface area contributed by atoms with Gasteiger partial charge < -0.3 is 10.5 Å². The molecule has 2 N–H and O–H groups in total. The molecule has 0 spiro atoms. The number of para-hydroxylation sites is 1. The van der Waals surface area contributed by atoms with Crippen molar-refractivity contribution in [1.82, 2.24) is 0 Å². The third kappa shape index (κ3) is 4.82. The second kappa shape index (κ2) is 7.04. The van der Waals surface area contributed by atoms with Gasteiger partial charge in [-0.25, -0.2) is 4.39 Å². The van der Waals surface area contributed by atoms with Gasteiger partial charge in [-0.1, -0.05) is 6.07 Å². The third-order valence-corrected chi connectivity index (χ3v) is 2.36. The Balaban J connectivity index is 0.00000196. The average molecular weight is 299 g/mol. The number of nitrogens with two attached hydrogens (primary N) is 1. The first kappa shape index (κ1) is 14.7. The molecule has 0 saturated carbocycles. The summed E-state index contributed by atoms with van der Waals surface area (Å²) >= 11 is 3.22. The van der Waals surface area contributed by atoms with Crippen LogP contribution in [0.25, 0.3) is 0 Å². The second-order valence-electron chi connectivity index (χ2n) is 3.17. The Hall–Kier alpha value is -0.320. The summed E-state index contributed by atoms with van der Waals surface area (Å²) in [5.74, 6) is -0.0998. The maximum Gasteiger partial charge on any atom is 0.169 e. The summed E-state index contributed by atoms with van der Waals surface area (Å²) in [5, 5.41) is 0. The van der Waals surface area contributed by atoms with E-state index in [2.05, 4.69) is 15.9 Å². The van der Waals surface area contributed by atoms with Gasteiger partial charge in [0.2, 0.25) is 0 Å². The Morgan fingerprint density at radius 3 is 2.73 bits per heavy atom. The lowest BCUT2D eigenvalue weighted by atomic mass is 10.3. The van der Waals surface area contributed by atoms with E-state index in [0.717, 1.165) is 0 Å². The van der Waals surface area contributed by atoms with Crippen molar-refractivity contribution in [3.05, 3.63) is 28.5 Å². The molecule has 0 aromatic heterocycles. The van der Waals surface area contributed by atoms with E-state index < -0.39 is 0 Å². The van der Waals surface area contributed by atoms with Crippen LogP contribution in [0.15, 0.2) is 22.7 Å². The van der Waals surface area contributed by atoms with Crippen LogP contribution < -0.4 is 10.5 Å². The molecular formula is C10H14BrClFNO. The third-order valence-electron chi connectivity index (χ3n) is 1.74. The number of ether oxygens (including phenoxy) is 1. The largest absolute Gasteiger partial charge is 0.489 e. The van der Waals surface area contributed by atoms with Crippen molar-refractivity contribution in [1.29, 1.82) is 0 Å². The van der Waals surface area contributed by atoms with E-state index in [0.29, 0.717) is 17.5 Å². The van der Waals surface area contributed by atoms with Crippen LogP contribution >= 0.6 is 28.3 Å². The van der Waals surface area contributed by atoms with E-state index in [1.165, 1.54) is 6.07 Å². The Labute approximate surface area is 104 Å². The lowest BCUT2D eigenvalue weighted by Gasteiger charge is -2.10. The zero-order valence-electron chi connectivity index (χ0n) is 8.37. The Morgan fingerprint density at radius 1 is 1.53 bits per heavy atom. The Bertz CT molecular complexity index is 289. The molecule has 0 heterocycles. The molecule has 86 valence electrons. The zero-order chi connectivity index (χ0) is 10.6. The molecular weight excluding hydrogens is 284 g/mol. The van der Waals surface area contributed by atoms with Gasteiger partial charge in [0, 0.05) is 6.04 Å². The van der Waals surface area contributed by atoms with Crippen molar-refractivity contribution in [2.75, 3.05) is 6.61 Å². The van der Waals surface area contributed by atoms with Crippen LogP contribution in [0, 0.1) is 5.82 Å². The topological polar surface area (TPSA) is 35.2 Å². The molecule has 1 aromatic rings. The summed E-state index contributed by atoms with van der Waals surface area (Å²) in [5.41, 5.74) is 5.55. The Morgan fingerprint density at radius 2 is 2.20 bits per heavy atom. The SMILES string of the molecule is C[C@H](N)CCOc1c(F)cccc1Br.Cl. The molecule has 1 aromatic carbocycles. The van der Waals surface area contributed by atoms with Gasteiger partial charge in [0.15, 0.2) is 11.6 Å². The minimum Gasteiger partial charge on any atom is -0.489 e. The van der Waals surface area contributed by atoms with E-state index in [4.69, 9.17) is 10.5 Å².